The van der Waals surface area contributed by atoms with Crippen molar-refractivity contribution in [2.75, 3.05) is 26.6 Å². The third kappa shape index (κ3) is 7.92. The van der Waals surface area contributed by atoms with Gasteiger partial charge < -0.3 is 19.1 Å². The minimum Gasteiger partial charge on any atom is -0.493 e. The zero-order chi connectivity index (χ0) is 28.3. The Hall–Kier alpha value is -3.69. The fourth-order valence-electron chi connectivity index (χ4n) is 4.14. The van der Waals surface area contributed by atoms with Crippen LogP contribution in [0.5, 0.6) is 11.5 Å². The van der Waals surface area contributed by atoms with Gasteiger partial charge in [0.2, 0.25) is 0 Å². The molecule has 210 valence electrons. The number of ether oxygens (including phenoxy) is 3. The number of thioether (sulfide) groups is 1. The molecule has 9 heteroatoms. The summed E-state index contributed by atoms with van der Waals surface area (Å²) in [5, 5.41) is 0.327. The normalized spacial score (nSPS) is 14.1. The number of nitrogens with zero attached hydrogens (tertiary/aromatic N) is 3. The van der Waals surface area contributed by atoms with E-state index in [1.165, 1.54) is 17.8 Å². The number of hydrogen-bond donors (Lipinski definition) is 0. The number of alkyl halides is 2. The Morgan fingerprint density at radius 3 is 2.48 bits per heavy atom. The highest BCUT2D eigenvalue weighted by Gasteiger charge is 2.18. The minimum atomic E-state index is -2.70. The molecule has 0 saturated carbocycles. The largest absolute Gasteiger partial charge is 0.493 e. The summed E-state index contributed by atoms with van der Waals surface area (Å²) in [6, 6.07) is 17.1. The number of rotatable bonds is 13. The molecule has 0 bridgehead atoms. The molecule has 4 rings (SSSR count). The van der Waals surface area contributed by atoms with Crippen molar-refractivity contribution in [1.82, 2.24) is 14.9 Å². The summed E-state index contributed by atoms with van der Waals surface area (Å²) >= 11 is 1.35. The molecule has 0 aliphatic carbocycles. The van der Waals surface area contributed by atoms with Crippen LogP contribution in [0.15, 0.2) is 89.9 Å². The average Bonchev–Trinajstić information content (AvgIpc) is 2.99. The summed E-state index contributed by atoms with van der Waals surface area (Å²) in [7, 11) is 3.20. The summed E-state index contributed by atoms with van der Waals surface area (Å²) < 4.78 is 44.0. The second-order valence-electron chi connectivity index (χ2n) is 8.95. The maximum absolute atomic E-state index is 13.8. The van der Waals surface area contributed by atoms with Gasteiger partial charge in [0.25, 0.3) is 6.43 Å². The third-order valence-corrected chi connectivity index (χ3v) is 7.11. The molecule has 1 aliphatic rings. The Balaban J connectivity index is 1.46. The SMILES string of the molecule is C/C=C1\C=CC(c2cc(C(F)F)nc(SCCCOCc3ccccc3)n2)=CN1Cc1ccc(OC)c(OC)c1. The number of aromatic nitrogens is 2. The maximum Gasteiger partial charge on any atom is 0.280 e. The van der Waals surface area contributed by atoms with Crippen molar-refractivity contribution >= 4 is 17.3 Å². The molecule has 1 aromatic heterocycles. The standard InChI is InChI=1S/C31H33F2N3O3S/c1-4-25-13-12-24(20-36(25)19-23-11-14-28(37-2)29(17-23)38-3)26-18-27(30(32)33)35-31(34-26)40-16-8-15-39-21-22-9-6-5-7-10-22/h4-7,9-14,17-18,20,30H,8,15-16,19,21H2,1-3H3/b25-4+. The van der Waals surface area contributed by atoms with E-state index in [1.54, 1.807) is 14.2 Å². The molecule has 0 amide bonds. The molecule has 0 fully saturated rings. The van der Waals surface area contributed by atoms with E-state index in [9.17, 15) is 8.78 Å². The first-order valence-corrected chi connectivity index (χ1v) is 13.9. The summed E-state index contributed by atoms with van der Waals surface area (Å²) in [6.45, 7) is 3.61. The highest BCUT2D eigenvalue weighted by atomic mass is 32.2. The van der Waals surface area contributed by atoms with Crippen molar-refractivity contribution in [3.05, 3.63) is 107 Å². The summed E-state index contributed by atoms with van der Waals surface area (Å²) in [5.41, 5.74) is 3.99. The number of methoxy groups -OCH3 is 2. The van der Waals surface area contributed by atoms with Crippen LogP contribution in [0.1, 0.15) is 42.3 Å². The van der Waals surface area contributed by atoms with Crippen LogP contribution in [-0.2, 0) is 17.9 Å². The molecule has 0 radical (unpaired) electrons. The topological polar surface area (TPSA) is 56.7 Å². The average molecular weight is 566 g/mol. The fraction of sp³-hybridized carbons (Fsp3) is 0.290. The van der Waals surface area contributed by atoms with Gasteiger partial charge in [-0.2, -0.15) is 0 Å². The van der Waals surface area contributed by atoms with Crippen LogP contribution >= 0.6 is 11.8 Å². The Bertz CT molecular complexity index is 1360. The number of hydrogen-bond acceptors (Lipinski definition) is 7. The van der Waals surface area contributed by atoms with Crippen LogP contribution in [0, 0.1) is 0 Å². The smallest absolute Gasteiger partial charge is 0.280 e. The molecule has 2 aromatic carbocycles. The van der Waals surface area contributed by atoms with Crippen LogP contribution in [0.4, 0.5) is 8.78 Å². The number of benzene rings is 2. The van der Waals surface area contributed by atoms with E-state index in [-0.39, 0.29) is 5.69 Å². The van der Waals surface area contributed by atoms with Crippen molar-refractivity contribution in [3.8, 4) is 11.5 Å². The summed E-state index contributed by atoms with van der Waals surface area (Å²) in [6.07, 6.45) is 5.83. The van der Waals surface area contributed by atoms with Gasteiger partial charge in [-0.1, -0.05) is 54.2 Å². The molecule has 2 heterocycles. The van der Waals surface area contributed by atoms with E-state index in [0.29, 0.717) is 47.9 Å². The zero-order valence-corrected chi connectivity index (χ0v) is 23.7. The maximum atomic E-state index is 13.8. The lowest BCUT2D eigenvalue weighted by atomic mass is 10.1. The predicted octanol–water partition coefficient (Wildman–Crippen LogP) is 7.45. The lowest BCUT2D eigenvalue weighted by Crippen LogP contribution is -2.18. The Labute approximate surface area is 238 Å². The van der Waals surface area contributed by atoms with Crippen LogP contribution in [-0.4, -0.2) is 41.4 Å². The molecule has 0 spiro atoms. The van der Waals surface area contributed by atoms with Crippen molar-refractivity contribution < 1.29 is 23.0 Å². The van der Waals surface area contributed by atoms with E-state index >= 15 is 0 Å². The first-order chi connectivity index (χ1) is 19.5. The first kappa shape index (κ1) is 29.3. The van der Waals surface area contributed by atoms with Crippen molar-refractivity contribution in [2.24, 2.45) is 0 Å². The Morgan fingerprint density at radius 2 is 1.75 bits per heavy atom. The fourth-order valence-corrected chi connectivity index (χ4v) is 4.92. The van der Waals surface area contributed by atoms with Gasteiger partial charge in [-0.3, -0.25) is 0 Å². The molecule has 40 heavy (non-hydrogen) atoms. The van der Waals surface area contributed by atoms with E-state index in [4.69, 9.17) is 14.2 Å². The molecular weight excluding hydrogens is 532 g/mol. The van der Waals surface area contributed by atoms with Crippen LogP contribution in [0.3, 0.4) is 0 Å². The van der Waals surface area contributed by atoms with E-state index < -0.39 is 6.43 Å². The third-order valence-electron chi connectivity index (χ3n) is 6.18. The highest BCUT2D eigenvalue weighted by Crippen LogP contribution is 2.32. The van der Waals surface area contributed by atoms with Gasteiger partial charge in [0, 0.05) is 36.4 Å². The lowest BCUT2D eigenvalue weighted by Gasteiger charge is -2.26. The molecule has 0 unspecified atom stereocenters. The molecule has 0 saturated heterocycles. The van der Waals surface area contributed by atoms with E-state index in [0.717, 1.165) is 28.8 Å². The van der Waals surface area contributed by atoms with Crippen LogP contribution in [0.25, 0.3) is 5.57 Å². The quantitative estimate of drug-likeness (QED) is 0.121. The van der Waals surface area contributed by atoms with Gasteiger partial charge in [-0.25, -0.2) is 18.7 Å². The van der Waals surface area contributed by atoms with Crippen molar-refractivity contribution in [2.45, 2.75) is 38.1 Å². The molecule has 6 nitrogen and oxygen atoms in total. The Kier molecular flexibility index (Phi) is 10.7. The van der Waals surface area contributed by atoms with Gasteiger partial charge in [0.05, 0.1) is 26.5 Å². The van der Waals surface area contributed by atoms with Gasteiger partial charge in [0.1, 0.15) is 5.69 Å². The monoisotopic (exact) mass is 565 g/mol. The highest BCUT2D eigenvalue weighted by molar-refractivity contribution is 7.99. The van der Waals surface area contributed by atoms with Crippen molar-refractivity contribution in [1.29, 1.82) is 0 Å². The van der Waals surface area contributed by atoms with Gasteiger partial charge in [0.15, 0.2) is 16.7 Å². The van der Waals surface area contributed by atoms with Gasteiger partial charge >= 0.3 is 0 Å². The molecule has 0 atom stereocenters. The number of allylic oxidation sites excluding steroid dienone is 4. The summed E-state index contributed by atoms with van der Waals surface area (Å²) in [5.74, 6) is 1.95. The molecular formula is C31H33F2N3O3S. The lowest BCUT2D eigenvalue weighted by molar-refractivity contribution is 0.122. The second kappa shape index (κ2) is 14.6. The minimum absolute atomic E-state index is 0.287. The van der Waals surface area contributed by atoms with Crippen LogP contribution in [0.2, 0.25) is 0 Å². The summed E-state index contributed by atoms with van der Waals surface area (Å²) in [4.78, 5) is 10.8. The first-order valence-electron chi connectivity index (χ1n) is 13.0. The molecule has 0 N–H and O–H groups in total. The van der Waals surface area contributed by atoms with E-state index in [1.807, 2.05) is 79.9 Å². The second-order valence-corrected chi connectivity index (χ2v) is 10.0. The molecule has 1 aliphatic heterocycles. The van der Waals surface area contributed by atoms with Gasteiger partial charge in [-0.05, 0) is 54.8 Å². The number of halogens is 2. The predicted molar refractivity (Wildman–Crippen MR) is 154 cm³/mol. The van der Waals surface area contributed by atoms with Gasteiger partial charge in [-0.15, -0.1) is 0 Å². The Morgan fingerprint density at radius 1 is 0.950 bits per heavy atom. The van der Waals surface area contributed by atoms with Crippen LogP contribution < -0.4 is 9.47 Å². The zero-order valence-electron chi connectivity index (χ0n) is 22.8. The van der Waals surface area contributed by atoms with Crippen molar-refractivity contribution in [3.63, 3.8) is 0 Å². The van der Waals surface area contributed by atoms with E-state index in [2.05, 4.69) is 14.9 Å². The molecule has 3 aromatic rings.